The molecule has 0 N–H and O–H groups in total. The van der Waals surface area contributed by atoms with Crippen LogP contribution in [0, 0.1) is 29.2 Å². The van der Waals surface area contributed by atoms with Gasteiger partial charge in [0, 0.05) is 7.11 Å². The quantitative estimate of drug-likeness (QED) is 0.475. The predicted molar refractivity (Wildman–Crippen MR) is 59.5 cm³/mol. The van der Waals surface area contributed by atoms with Gasteiger partial charge in [0.15, 0.2) is 23.3 Å². The van der Waals surface area contributed by atoms with Crippen molar-refractivity contribution in [2.45, 2.75) is 26.1 Å². The van der Waals surface area contributed by atoms with Crippen LogP contribution in [0.25, 0.3) is 0 Å². The van der Waals surface area contributed by atoms with Gasteiger partial charge in [-0.2, -0.15) is 0 Å². The third-order valence-corrected chi connectivity index (χ3v) is 3.00. The highest BCUT2D eigenvalue weighted by Crippen LogP contribution is 2.31. The van der Waals surface area contributed by atoms with E-state index in [-0.39, 0.29) is 5.92 Å². The number of esters is 1. The van der Waals surface area contributed by atoms with Crippen molar-refractivity contribution in [3.05, 3.63) is 34.4 Å². The average Bonchev–Trinajstić information content (AvgIpc) is 3.25. The molecule has 0 amide bonds. The maximum Gasteiger partial charge on any atom is 0.309 e. The molecule has 20 heavy (non-hydrogen) atoms. The molecule has 1 aromatic rings. The zero-order valence-corrected chi connectivity index (χ0v) is 10.6. The first-order valence-electron chi connectivity index (χ1n) is 5.96. The number of halogens is 4. The molecule has 0 aliphatic heterocycles. The lowest BCUT2D eigenvalue weighted by Crippen LogP contribution is -2.13. The monoisotopic (exact) mass is 292 g/mol. The number of hydrogen-bond acceptors (Lipinski definition) is 3. The summed E-state index contributed by atoms with van der Waals surface area (Å²) in [6, 6.07) is 0. The number of hydrogen-bond donors (Lipinski definition) is 0. The van der Waals surface area contributed by atoms with Crippen LogP contribution >= 0.6 is 0 Å². The van der Waals surface area contributed by atoms with Gasteiger partial charge in [-0.15, -0.1) is 0 Å². The summed E-state index contributed by atoms with van der Waals surface area (Å²) < 4.78 is 63.6. The maximum atomic E-state index is 13.7. The normalized spacial score (nSPS) is 14.4. The molecule has 7 heteroatoms. The fraction of sp³-hybridized carbons (Fsp3) is 0.462. The molecule has 0 heterocycles. The van der Waals surface area contributed by atoms with Crippen molar-refractivity contribution in [3.8, 4) is 0 Å². The Balaban J connectivity index is 2.25. The van der Waals surface area contributed by atoms with Crippen LogP contribution in [0.5, 0.6) is 0 Å². The SMILES string of the molecule is COCc1c(F)c(F)c(COC(=O)C2CC2)c(F)c1F. The number of methoxy groups -OCH3 is 1. The Morgan fingerprint density at radius 2 is 1.45 bits per heavy atom. The zero-order valence-electron chi connectivity index (χ0n) is 10.6. The topological polar surface area (TPSA) is 35.5 Å². The van der Waals surface area contributed by atoms with Crippen LogP contribution in [0.1, 0.15) is 24.0 Å². The molecule has 0 unspecified atom stereocenters. The maximum absolute atomic E-state index is 13.7. The van der Waals surface area contributed by atoms with Crippen molar-refractivity contribution in [3.63, 3.8) is 0 Å². The first-order chi connectivity index (χ1) is 9.47. The van der Waals surface area contributed by atoms with Crippen molar-refractivity contribution in [1.29, 1.82) is 0 Å². The standard InChI is InChI=1S/C13H12F4O3/c1-19-4-7-9(14)11(16)8(12(17)10(7)15)5-20-13(18)6-2-3-6/h6H,2-5H2,1H3. The third-order valence-electron chi connectivity index (χ3n) is 3.00. The van der Waals surface area contributed by atoms with E-state index in [1.807, 2.05) is 0 Å². The summed E-state index contributed by atoms with van der Waals surface area (Å²) in [5.74, 6) is -7.11. The predicted octanol–water partition coefficient (Wildman–Crippen LogP) is 2.84. The molecule has 2 rings (SSSR count). The molecule has 0 aromatic heterocycles. The van der Waals surface area contributed by atoms with E-state index in [1.165, 1.54) is 0 Å². The Hall–Kier alpha value is -1.63. The van der Waals surface area contributed by atoms with E-state index >= 15 is 0 Å². The minimum atomic E-state index is -1.57. The van der Waals surface area contributed by atoms with Gasteiger partial charge in [0.2, 0.25) is 0 Å². The largest absolute Gasteiger partial charge is 0.460 e. The number of benzene rings is 1. The van der Waals surface area contributed by atoms with E-state index in [4.69, 9.17) is 0 Å². The van der Waals surface area contributed by atoms with E-state index in [1.54, 1.807) is 0 Å². The first kappa shape index (κ1) is 14.8. The molecule has 1 fully saturated rings. The summed E-state index contributed by atoms with van der Waals surface area (Å²) in [5, 5.41) is 0. The lowest BCUT2D eigenvalue weighted by atomic mass is 10.1. The second kappa shape index (κ2) is 5.78. The molecular weight excluding hydrogens is 280 g/mol. The third kappa shape index (κ3) is 2.77. The van der Waals surface area contributed by atoms with Gasteiger partial charge in [-0.3, -0.25) is 4.79 Å². The fourth-order valence-corrected chi connectivity index (χ4v) is 1.70. The Labute approximate surface area is 112 Å². The van der Waals surface area contributed by atoms with Gasteiger partial charge in [0.05, 0.1) is 23.7 Å². The highest BCUT2D eigenvalue weighted by atomic mass is 19.2. The van der Waals surface area contributed by atoms with Gasteiger partial charge in [0.25, 0.3) is 0 Å². The second-order valence-corrected chi connectivity index (χ2v) is 4.53. The molecule has 1 aliphatic rings. The average molecular weight is 292 g/mol. The van der Waals surface area contributed by atoms with E-state index in [0.717, 1.165) is 7.11 Å². The summed E-state index contributed by atoms with van der Waals surface area (Å²) >= 11 is 0. The highest BCUT2D eigenvalue weighted by molar-refractivity contribution is 5.74. The van der Waals surface area contributed by atoms with Crippen molar-refractivity contribution < 1.29 is 31.8 Å². The summed E-state index contributed by atoms with van der Waals surface area (Å²) in [6.07, 6.45) is 1.30. The van der Waals surface area contributed by atoms with Gasteiger partial charge >= 0.3 is 5.97 Å². The summed E-state index contributed by atoms with van der Waals surface area (Å²) in [7, 11) is 1.14. The van der Waals surface area contributed by atoms with E-state index in [2.05, 4.69) is 9.47 Å². The first-order valence-corrected chi connectivity index (χ1v) is 5.96. The molecule has 1 aliphatic carbocycles. The molecule has 0 bridgehead atoms. The number of ether oxygens (including phenoxy) is 2. The number of carbonyl (C=O) groups is 1. The van der Waals surface area contributed by atoms with Crippen LogP contribution in [-0.4, -0.2) is 13.1 Å². The molecule has 3 nitrogen and oxygen atoms in total. The van der Waals surface area contributed by atoms with Crippen LogP contribution in [0.2, 0.25) is 0 Å². The number of carbonyl (C=O) groups excluding carboxylic acids is 1. The van der Waals surface area contributed by atoms with E-state index in [9.17, 15) is 22.4 Å². The second-order valence-electron chi connectivity index (χ2n) is 4.53. The highest BCUT2D eigenvalue weighted by Gasteiger charge is 2.32. The molecule has 0 atom stereocenters. The lowest BCUT2D eigenvalue weighted by Gasteiger charge is -2.11. The van der Waals surface area contributed by atoms with Gasteiger partial charge in [-0.25, -0.2) is 17.6 Å². The lowest BCUT2D eigenvalue weighted by molar-refractivity contribution is -0.146. The van der Waals surface area contributed by atoms with Crippen molar-refractivity contribution in [2.75, 3.05) is 7.11 Å². The summed E-state index contributed by atoms with van der Waals surface area (Å²) in [5.41, 5.74) is -1.77. The summed E-state index contributed by atoms with van der Waals surface area (Å²) in [4.78, 5) is 11.3. The Bertz CT molecular complexity index is 512. The molecule has 0 spiro atoms. The molecule has 0 radical (unpaired) electrons. The van der Waals surface area contributed by atoms with Crippen LogP contribution in [0.15, 0.2) is 0 Å². The molecule has 110 valence electrons. The van der Waals surface area contributed by atoms with E-state index in [0.29, 0.717) is 12.8 Å². The Kier molecular flexibility index (Phi) is 4.27. The van der Waals surface area contributed by atoms with Gasteiger partial charge in [0.1, 0.15) is 6.61 Å². The van der Waals surface area contributed by atoms with Crippen LogP contribution < -0.4 is 0 Å². The minimum Gasteiger partial charge on any atom is -0.460 e. The van der Waals surface area contributed by atoms with Crippen molar-refractivity contribution >= 4 is 5.97 Å². The van der Waals surface area contributed by atoms with Gasteiger partial charge in [-0.05, 0) is 12.8 Å². The van der Waals surface area contributed by atoms with Crippen LogP contribution in [0.3, 0.4) is 0 Å². The van der Waals surface area contributed by atoms with Crippen LogP contribution in [-0.2, 0) is 27.5 Å². The molecule has 0 saturated heterocycles. The summed E-state index contributed by atoms with van der Waals surface area (Å²) in [6.45, 7) is -1.44. The molecule has 1 saturated carbocycles. The van der Waals surface area contributed by atoms with Crippen molar-refractivity contribution in [2.24, 2.45) is 5.92 Å². The van der Waals surface area contributed by atoms with Crippen molar-refractivity contribution in [1.82, 2.24) is 0 Å². The zero-order chi connectivity index (χ0) is 14.9. The fourth-order valence-electron chi connectivity index (χ4n) is 1.70. The molecular formula is C13H12F4O3. The Morgan fingerprint density at radius 3 is 1.85 bits per heavy atom. The smallest absolute Gasteiger partial charge is 0.309 e. The van der Waals surface area contributed by atoms with Gasteiger partial charge < -0.3 is 9.47 Å². The van der Waals surface area contributed by atoms with Gasteiger partial charge in [-0.1, -0.05) is 0 Å². The number of rotatable bonds is 5. The van der Waals surface area contributed by atoms with Crippen LogP contribution in [0.4, 0.5) is 17.6 Å². The minimum absolute atomic E-state index is 0.274. The molecule has 1 aromatic carbocycles. The van der Waals surface area contributed by atoms with E-state index < -0.39 is 53.6 Å². The Morgan fingerprint density at radius 1 is 1.00 bits per heavy atom.